The largest absolute Gasteiger partial charge is 0.229 e. The van der Waals surface area contributed by atoms with Crippen molar-refractivity contribution in [3.63, 3.8) is 0 Å². The van der Waals surface area contributed by atoms with Gasteiger partial charge in [0, 0.05) is 21.7 Å². The van der Waals surface area contributed by atoms with Crippen LogP contribution in [0.1, 0.15) is 35.2 Å². The highest BCUT2D eigenvalue weighted by molar-refractivity contribution is 7.99. The fourth-order valence-electron chi connectivity index (χ4n) is 3.15. The lowest BCUT2D eigenvalue weighted by molar-refractivity contribution is 0.509. The van der Waals surface area contributed by atoms with E-state index in [0.29, 0.717) is 0 Å². The van der Waals surface area contributed by atoms with Gasteiger partial charge in [-0.3, -0.25) is 0 Å². The van der Waals surface area contributed by atoms with Crippen molar-refractivity contribution in [2.45, 2.75) is 50.2 Å². The zero-order valence-electron chi connectivity index (χ0n) is 13.5. The van der Waals surface area contributed by atoms with Gasteiger partial charge in [0.1, 0.15) is 16.2 Å². The maximum absolute atomic E-state index is 4.54. The monoisotopic (exact) mass is 342 g/mol. The molecule has 0 amide bonds. The molecule has 6 heteroatoms. The van der Waals surface area contributed by atoms with Crippen molar-refractivity contribution in [1.82, 2.24) is 19.9 Å². The third kappa shape index (κ3) is 2.85. The Morgan fingerprint density at radius 3 is 2.74 bits per heavy atom. The van der Waals surface area contributed by atoms with Gasteiger partial charge in [-0.15, -0.1) is 11.3 Å². The van der Waals surface area contributed by atoms with Crippen LogP contribution in [-0.2, 0) is 12.8 Å². The van der Waals surface area contributed by atoms with Crippen molar-refractivity contribution >= 4 is 33.3 Å². The highest BCUT2D eigenvalue weighted by Gasteiger charge is 2.23. The van der Waals surface area contributed by atoms with Gasteiger partial charge in [0.2, 0.25) is 0 Å². The van der Waals surface area contributed by atoms with E-state index < -0.39 is 0 Å². The highest BCUT2D eigenvalue weighted by atomic mass is 32.2. The summed E-state index contributed by atoms with van der Waals surface area (Å²) in [6.07, 6.45) is 5.21. The summed E-state index contributed by atoms with van der Waals surface area (Å²) in [5.74, 6) is 0.766. The van der Waals surface area contributed by atoms with Gasteiger partial charge in [0.15, 0.2) is 5.16 Å². The second-order valence-electron chi connectivity index (χ2n) is 6.25. The Morgan fingerprint density at radius 1 is 1.17 bits per heavy atom. The number of aromatic nitrogens is 4. The quantitative estimate of drug-likeness (QED) is 0.511. The summed E-state index contributed by atoms with van der Waals surface area (Å²) in [4.78, 5) is 20.7. The summed E-state index contributed by atoms with van der Waals surface area (Å²) in [6.45, 7) is 6.34. The molecule has 0 aliphatic heterocycles. The van der Waals surface area contributed by atoms with Crippen molar-refractivity contribution in [2.24, 2.45) is 5.92 Å². The molecule has 4 rings (SSSR count). The molecule has 3 aromatic heterocycles. The molecule has 23 heavy (non-hydrogen) atoms. The first-order valence-electron chi connectivity index (χ1n) is 7.85. The third-order valence-corrected chi connectivity index (χ3v) is 6.24. The van der Waals surface area contributed by atoms with Crippen LogP contribution in [0.25, 0.3) is 10.2 Å². The molecule has 0 saturated carbocycles. The topological polar surface area (TPSA) is 51.6 Å². The fourth-order valence-corrected chi connectivity index (χ4v) is 5.54. The molecule has 1 atom stereocenters. The lowest BCUT2D eigenvalue weighted by atomic mass is 9.89. The van der Waals surface area contributed by atoms with Crippen molar-refractivity contribution < 1.29 is 0 Å². The summed E-state index contributed by atoms with van der Waals surface area (Å²) in [5.41, 5.74) is 3.44. The molecule has 4 nitrogen and oxygen atoms in total. The number of aryl methyl sites for hydroxylation is 3. The van der Waals surface area contributed by atoms with Crippen molar-refractivity contribution in [3.05, 3.63) is 34.2 Å². The molecular weight excluding hydrogens is 324 g/mol. The maximum atomic E-state index is 4.54. The molecule has 0 spiro atoms. The first-order valence-corrected chi connectivity index (χ1v) is 9.49. The summed E-state index contributed by atoms with van der Waals surface area (Å²) in [6, 6.07) is 1.99. The molecule has 0 unspecified atom stereocenters. The van der Waals surface area contributed by atoms with Gasteiger partial charge >= 0.3 is 0 Å². The summed E-state index contributed by atoms with van der Waals surface area (Å²) < 4.78 is 0. The predicted molar refractivity (Wildman–Crippen MR) is 94.2 cm³/mol. The van der Waals surface area contributed by atoms with E-state index in [1.807, 2.05) is 31.3 Å². The lowest BCUT2D eigenvalue weighted by Crippen LogP contribution is -2.08. The van der Waals surface area contributed by atoms with Gasteiger partial charge in [-0.25, -0.2) is 19.9 Å². The zero-order chi connectivity index (χ0) is 16.0. The Hall–Kier alpha value is -1.53. The number of rotatable bonds is 2. The maximum Gasteiger partial charge on any atom is 0.194 e. The summed E-state index contributed by atoms with van der Waals surface area (Å²) in [5, 5.41) is 2.99. The van der Waals surface area contributed by atoms with Gasteiger partial charge in [-0.05, 0) is 62.4 Å². The van der Waals surface area contributed by atoms with Crippen molar-refractivity contribution in [1.29, 1.82) is 0 Å². The van der Waals surface area contributed by atoms with Gasteiger partial charge < -0.3 is 0 Å². The van der Waals surface area contributed by atoms with Crippen molar-refractivity contribution in [2.75, 3.05) is 0 Å². The van der Waals surface area contributed by atoms with Crippen LogP contribution in [0.5, 0.6) is 0 Å². The van der Waals surface area contributed by atoms with Crippen LogP contribution in [0, 0.1) is 19.8 Å². The minimum absolute atomic E-state index is 0.766. The van der Waals surface area contributed by atoms with Gasteiger partial charge in [0.05, 0.1) is 0 Å². The van der Waals surface area contributed by atoms with Crippen LogP contribution >= 0.6 is 23.1 Å². The van der Waals surface area contributed by atoms with Gasteiger partial charge in [-0.1, -0.05) is 6.92 Å². The molecule has 1 aliphatic carbocycles. The Balaban J connectivity index is 1.81. The average molecular weight is 342 g/mol. The summed E-state index contributed by atoms with van der Waals surface area (Å²) >= 11 is 3.39. The summed E-state index contributed by atoms with van der Waals surface area (Å²) in [7, 11) is 0. The predicted octanol–water partition coefficient (Wildman–Crippen LogP) is 4.37. The Kier molecular flexibility index (Phi) is 3.81. The molecule has 0 saturated heterocycles. The smallest absolute Gasteiger partial charge is 0.194 e. The average Bonchev–Trinajstić information content (AvgIpc) is 2.84. The number of hydrogen-bond acceptors (Lipinski definition) is 6. The van der Waals surface area contributed by atoms with Crippen LogP contribution in [-0.4, -0.2) is 19.9 Å². The SMILES string of the molecule is Cc1cc(C)nc(Sc2ncnc3sc4c(c23)CC[C@H](C)C4)n1. The molecule has 0 aromatic carbocycles. The van der Waals surface area contributed by atoms with Crippen LogP contribution in [0.4, 0.5) is 0 Å². The second kappa shape index (κ2) is 5.83. The van der Waals surface area contributed by atoms with E-state index in [1.165, 1.54) is 28.7 Å². The van der Waals surface area contributed by atoms with E-state index in [0.717, 1.165) is 38.7 Å². The Bertz CT molecular complexity index is 867. The standard InChI is InChI=1S/C17H18N4S2/c1-9-4-5-12-13(6-9)22-15-14(12)16(19-8-18-15)23-17-20-10(2)7-11(3)21-17/h7-9H,4-6H2,1-3H3/t9-/m0/s1. The van der Waals surface area contributed by atoms with Gasteiger partial charge in [0.25, 0.3) is 0 Å². The van der Waals surface area contributed by atoms with E-state index in [-0.39, 0.29) is 0 Å². The van der Waals surface area contributed by atoms with Crippen LogP contribution in [0.2, 0.25) is 0 Å². The number of thiophene rings is 1. The molecule has 3 heterocycles. The minimum Gasteiger partial charge on any atom is -0.229 e. The Labute approximate surface area is 143 Å². The van der Waals surface area contributed by atoms with Crippen LogP contribution in [0.3, 0.4) is 0 Å². The first-order chi connectivity index (χ1) is 11.1. The van der Waals surface area contributed by atoms with E-state index in [2.05, 4.69) is 26.9 Å². The highest BCUT2D eigenvalue weighted by Crippen LogP contribution is 2.41. The fraction of sp³-hybridized carbons (Fsp3) is 0.412. The second-order valence-corrected chi connectivity index (χ2v) is 8.29. The lowest BCUT2D eigenvalue weighted by Gasteiger charge is -2.18. The molecule has 0 N–H and O–H groups in total. The zero-order valence-corrected chi connectivity index (χ0v) is 15.1. The van der Waals surface area contributed by atoms with Gasteiger partial charge in [-0.2, -0.15) is 0 Å². The number of nitrogens with zero attached hydrogens (tertiary/aromatic N) is 4. The molecule has 3 aromatic rings. The van der Waals surface area contributed by atoms with Crippen molar-refractivity contribution in [3.8, 4) is 0 Å². The van der Waals surface area contributed by atoms with E-state index in [1.54, 1.807) is 18.1 Å². The van der Waals surface area contributed by atoms with E-state index in [4.69, 9.17) is 0 Å². The normalized spacial score (nSPS) is 17.4. The molecular formula is C17H18N4S2. The van der Waals surface area contributed by atoms with Crippen LogP contribution < -0.4 is 0 Å². The molecule has 0 radical (unpaired) electrons. The van der Waals surface area contributed by atoms with E-state index in [9.17, 15) is 0 Å². The van der Waals surface area contributed by atoms with E-state index >= 15 is 0 Å². The van der Waals surface area contributed by atoms with Crippen LogP contribution in [0.15, 0.2) is 22.6 Å². The molecule has 0 bridgehead atoms. The molecule has 118 valence electrons. The Morgan fingerprint density at radius 2 is 1.96 bits per heavy atom. The number of hydrogen-bond donors (Lipinski definition) is 0. The first kappa shape index (κ1) is 15.0. The number of fused-ring (bicyclic) bond motifs is 3. The third-order valence-electron chi connectivity index (χ3n) is 4.21. The molecule has 1 aliphatic rings. The molecule has 0 fully saturated rings. The minimum atomic E-state index is 0.766.